The van der Waals surface area contributed by atoms with Crippen LogP contribution in [0.1, 0.15) is 32.9 Å². The number of nitrogens with zero attached hydrogens (tertiary/aromatic N) is 2. The van der Waals surface area contributed by atoms with Crippen LogP contribution in [0.4, 0.5) is 4.39 Å². The summed E-state index contributed by atoms with van der Waals surface area (Å²) in [5.74, 6) is -1.49. The van der Waals surface area contributed by atoms with Gasteiger partial charge in [0.15, 0.2) is 6.61 Å². The van der Waals surface area contributed by atoms with Gasteiger partial charge in [0.05, 0.1) is 4.90 Å². The van der Waals surface area contributed by atoms with Crippen LogP contribution in [0.3, 0.4) is 0 Å². The van der Waals surface area contributed by atoms with Crippen LogP contribution < -0.4 is 4.72 Å². The third-order valence-corrected chi connectivity index (χ3v) is 6.94. The fraction of sp³-hybridized carbons (Fsp3) is 0.208. The topological polar surface area (TPSA) is 107 Å². The number of carbonyl (C=O) groups is 2. The minimum atomic E-state index is -3.71. The maximum Gasteiger partial charge on any atom is 0.328 e. The van der Waals surface area contributed by atoms with Gasteiger partial charge in [-0.15, -0.1) is 0 Å². The van der Waals surface area contributed by atoms with Gasteiger partial charge in [-0.2, -0.15) is 0 Å². The Labute approximate surface area is 196 Å². The minimum absolute atomic E-state index is 0.0488. The molecule has 0 atom stereocenters. The molecule has 10 heteroatoms. The average Bonchev–Trinajstić information content (AvgIpc) is 3.24. The van der Waals surface area contributed by atoms with Gasteiger partial charge in [-0.25, -0.2) is 12.8 Å². The quantitative estimate of drug-likeness (QED) is 0.429. The number of hydrogen-bond acceptors (Lipinski definition) is 6. The van der Waals surface area contributed by atoms with Crippen molar-refractivity contribution in [1.82, 2.24) is 9.29 Å². The molecule has 4 rings (SSSR count). The van der Waals surface area contributed by atoms with Crippen LogP contribution in [-0.4, -0.2) is 43.7 Å². The predicted octanol–water partition coefficient (Wildman–Crippen LogP) is 3.01. The molecular weight excluding hydrogens is 461 g/mol. The summed E-state index contributed by atoms with van der Waals surface area (Å²) >= 11 is 0. The highest BCUT2D eigenvalue weighted by atomic mass is 32.2. The van der Waals surface area contributed by atoms with Crippen LogP contribution in [-0.2, 0) is 19.6 Å². The molecule has 8 nitrogen and oxygen atoms in total. The summed E-state index contributed by atoms with van der Waals surface area (Å²) in [4.78, 5) is 28.9. The second kappa shape index (κ2) is 8.86. The molecule has 0 radical (unpaired) electrons. The zero-order chi connectivity index (χ0) is 24.6. The highest BCUT2D eigenvalue weighted by Crippen LogP contribution is 2.24. The highest BCUT2D eigenvalue weighted by Gasteiger charge is 2.30. The van der Waals surface area contributed by atoms with Gasteiger partial charge in [-0.1, -0.05) is 18.2 Å². The lowest BCUT2D eigenvalue weighted by molar-refractivity contribution is -0.140. The molecule has 0 amide bonds. The van der Waals surface area contributed by atoms with Crippen LogP contribution in [0.15, 0.2) is 58.4 Å². The molecule has 1 aromatic heterocycles. The normalized spacial score (nSPS) is 15.1. The Kier molecular flexibility index (Phi) is 6.09. The van der Waals surface area contributed by atoms with Crippen molar-refractivity contribution in [2.45, 2.75) is 25.7 Å². The van der Waals surface area contributed by atoms with Crippen molar-refractivity contribution in [2.24, 2.45) is 4.99 Å². The van der Waals surface area contributed by atoms with E-state index in [1.807, 2.05) is 0 Å². The molecule has 0 bridgehead atoms. The van der Waals surface area contributed by atoms with Gasteiger partial charge in [0.2, 0.25) is 5.78 Å². The lowest BCUT2D eigenvalue weighted by atomic mass is 10.1. The third kappa shape index (κ3) is 4.36. The van der Waals surface area contributed by atoms with Crippen LogP contribution >= 0.6 is 0 Å². The first-order chi connectivity index (χ1) is 16.1. The van der Waals surface area contributed by atoms with Crippen molar-refractivity contribution in [2.75, 3.05) is 13.2 Å². The summed E-state index contributed by atoms with van der Waals surface area (Å²) in [6.45, 7) is 4.24. The Morgan fingerprint density at radius 1 is 1.09 bits per heavy atom. The first kappa shape index (κ1) is 23.4. The second-order valence-corrected chi connectivity index (χ2v) is 9.55. The molecule has 0 spiro atoms. The number of sulfonamides is 1. The number of fused-ring (bicyclic) bond motifs is 1. The van der Waals surface area contributed by atoms with Crippen molar-refractivity contribution in [3.05, 3.63) is 82.4 Å². The maximum atomic E-state index is 14.0. The Morgan fingerprint density at radius 3 is 2.56 bits per heavy atom. The van der Waals surface area contributed by atoms with E-state index in [1.54, 1.807) is 61.7 Å². The third-order valence-electron chi connectivity index (χ3n) is 5.54. The monoisotopic (exact) mass is 483 g/mol. The number of nitrogens with one attached hydrogen (secondary N) is 1. The summed E-state index contributed by atoms with van der Waals surface area (Å²) < 4.78 is 47.4. The van der Waals surface area contributed by atoms with E-state index in [1.165, 1.54) is 12.1 Å². The fourth-order valence-corrected chi connectivity index (χ4v) is 5.08. The molecule has 0 unspecified atom stereocenters. The van der Waals surface area contributed by atoms with Gasteiger partial charge in [-0.3, -0.25) is 19.3 Å². The largest absolute Gasteiger partial charge is 0.456 e. The van der Waals surface area contributed by atoms with Gasteiger partial charge in [0.25, 0.3) is 10.0 Å². The Hall–Kier alpha value is -3.79. The number of hydrogen-bond donors (Lipinski definition) is 1. The number of aliphatic imine (C=N–C) groups is 1. The summed E-state index contributed by atoms with van der Waals surface area (Å²) in [5.41, 5.74) is 3.16. The van der Waals surface area contributed by atoms with E-state index < -0.39 is 34.9 Å². The van der Waals surface area contributed by atoms with E-state index in [0.717, 1.165) is 5.69 Å². The molecule has 34 heavy (non-hydrogen) atoms. The van der Waals surface area contributed by atoms with Crippen LogP contribution in [0.25, 0.3) is 5.69 Å². The second-order valence-electron chi connectivity index (χ2n) is 7.90. The Morgan fingerprint density at radius 2 is 1.82 bits per heavy atom. The van der Waals surface area contributed by atoms with E-state index in [-0.39, 0.29) is 16.5 Å². The SMILES string of the molecule is Cc1ccc(-n2c(C)cc(C(=O)COC(=O)CN=C3NS(=O)(=O)c4ccccc43)c2C)cc1F. The van der Waals surface area contributed by atoms with Gasteiger partial charge < -0.3 is 9.30 Å². The molecule has 2 aromatic carbocycles. The molecule has 0 aliphatic carbocycles. The number of esters is 1. The van der Waals surface area contributed by atoms with Gasteiger partial charge in [-0.05, 0) is 56.7 Å². The van der Waals surface area contributed by atoms with Crippen molar-refractivity contribution < 1.29 is 27.1 Å². The van der Waals surface area contributed by atoms with Crippen LogP contribution in [0, 0.1) is 26.6 Å². The minimum Gasteiger partial charge on any atom is -0.456 e. The number of ketones is 1. The maximum absolute atomic E-state index is 14.0. The lowest BCUT2D eigenvalue weighted by Crippen LogP contribution is -2.24. The molecule has 1 N–H and O–H groups in total. The fourth-order valence-electron chi connectivity index (χ4n) is 3.83. The smallest absolute Gasteiger partial charge is 0.328 e. The number of halogens is 1. The molecule has 1 aliphatic heterocycles. The van der Waals surface area contributed by atoms with Crippen molar-refractivity contribution in [3.8, 4) is 5.69 Å². The number of carbonyl (C=O) groups excluding carboxylic acids is 2. The number of ether oxygens (including phenoxy) is 1. The number of amidine groups is 1. The van der Waals surface area contributed by atoms with Gasteiger partial charge in [0.1, 0.15) is 18.2 Å². The Balaban J connectivity index is 1.43. The van der Waals surface area contributed by atoms with E-state index in [0.29, 0.717) is 28.1 Å². The number of aryl methyl sites for hydroxylation is 2. The average molecular weight is 484 g/mol. The first-order valence-electron chi connectivity index (χ1n) is 10.4. The highest BCUT2D eigenvalue weighted by molar-refractivity contribution is 7.90. The summed E-state index contributed by atoms with van der Waals surface area (Å²) in [5, 5.41) is 0. The zero-order valence-electron chi connectivity index (χ0n) is 18.8. The molecule has 0 saturated heterocycles. The summed E-state index contributed by atoms with van der Waals surface area (Å²) in [6, 6.07) is 12.8. The standard InChI is InChI=1S/C24H22FN3O5S/c1-14-8-9-17(11-20(14)25)28-15(2)10-19(16(28)3)21(29)13-33-23(30)12-26-24-18-6-4-5-7-22(18)34(31,32)27-24/h4-11H,12-13H2,1-3H3,(H,26,27). The molecule has 0 fully saturated rings. The van der Waals surface area contributed by atoms with Gasteiger partial charge in [0, 0.05) is 28.2 Å². The molecule has 176 valence electrons. The Bertz CT molecular complexity index is 1460. The number of Topliss-reactive ketones (excluding diaryl/α,β-unsaturated/α-hetero) is 1. The van der Waals surface area contributed by atoms with E-state index in [4.69, 9.17) is 4.74 Å². The van der Waals surface area contributed by atoms with Crippen molar-refractivity contribution in [1.29, 1.82) is 0 Å². The number of benzene rings is 2. The van der Waals surface area contributed by atoms with Crippen LogP contribution in [0.5, 0.6) is 0 Å². The summed E-state index contributed by atoms with van der Waals surface area (Å²) in [6.07, 6.45) is 0. The zero-order valence-corrected chi connectivity index (χ0v) is 19.6. The summed E-state index contributed by atoms with van der Waals surface area (Å²) in [7, 11) is -3.71. The van der Waals surface area contributed by atoms with Crippen LogP contribution in [0.2, 0.25) is 0 Å². The molecule has 0 saturated carbocycles. The van der Waals surface area contributed by atoms with E-state index in [9.17, 15) is 22.4 Å². The van der Waals surface area contributed by atoms with Crippen molar-refractivity contribution in [3.63, 3.8) is 0 Å². The van der Waals surface area contributed by atoms with E-state index in [2.05, 4.69) is 9.71 Å². The van der Waals surface area contributed by atoms with Gasteiger partial charge >= 0.3 is 5.97 Å². The molecular formula is C24H22FN3O5S. The predicted molar refractivity (Wildman–Crippen MR) is 123 cm³/mol. The molecule has 3 aromatic rings. The molecule has 1 aliphatic rings. The van der Waals surface area contributed by atoms with Crippen molar-refractivity contribution >= 4 is 27.6 Å². The number of aromatic nitrogens is 1. The molecule has 2 heterocycles. The first-order valence-corrected chi connectivity index (χ1v) is 11.9. The number of rotatable bonds is 6. The lowest BCUT2D eigenvalue weighted by Gasteiger charge is -2.11. The van der Waals surface area contributed by atoms with E-state index >= 15 is 0 Å².